The molecule has 102 valence electrons. The first kappa shape index (κ1) is 15.2. The van der Waals surface area contributed by atoms with Gasteiger partial charge in [0.25, 0.3) is 0 Å². The number of carbonyl (C=O) groups is 1. The zero-order valence-corrected chi connectivity index (χ0v) is 12.3. The van der Waals surface area contributed by atoms with Crippen molar-refractivity contribution in [2.75, 3.05) is 0 Å². The molecule has 0 fully saturated rings. The van der Waals surface area contributed by atoms with Gasteiger partial charge in [-0.3, -0.25) is 4.79 Å². The van der Waals surface area contributed by atoms with Gasteiger partial charge in [0, 0.05) is 6.42 Å². The summed E-state index contributed by atoms with van der Waals surface area (Å²) >= 11 is 0. The van der Waals surface area contributed by atoms with Gasteiger partial charge in [-0.15, -0.1) is 0 Å². The van der Waals surface area contributed by atoms with Crippen LogP contribution < -0.4 is 0 Å². The van der Waals surface area contributed by atoms with E-state index in [1.807, 2.05) is 46.8 Å². The molecule has 0 aliphatic rings. The molecular formula is C16H21NO2. The van der Waals surface area contributed by atoms with Crippen molar-refractivity contribution in [2.45, 2.75) is 53.1 Å². The molecule has 0 aliphatic carbocycles. The average Bonchev–Trinajstić information content (AvgIpc) is 2.25. The SMILES string of the molecule is [C-]#[N+]c1cc(C)c(CCC(=O)OC(C)(C)C)c(C)c1. The molecule has 0 radical (unpaired) electrons. The monoisotopic (exact) mass is 259 g/mol. The highest BCUT2D eigenvalue weighted by atomic mass is 16.6. The summed E-state index contributed by atoms with van der Waals surface area (Å²) in [5.74, 6) is -0.180. The smallest absolute Gasteiger partial charge is 0.306 e. The Morgan fingerprint density at radius 3 is 2.21 bits per heavy atom. The third kappa shape index (κ3) is 4.75. The summed E-state index contributed by atoms with van der Waals surface area (Å²) in [4.78, 5) is 15.1. The van der Waals surface area contributed by atoms with Gasteiger partial charge in [0.15, 0.2) is 5.69 Å². The lowest BCUT2D eigenvalue weighted by molar-refractivity contribution is -0.154. The van der Waals surface area contributed by atoms with Gasteiger partial charge in [-0.2, -0.15) is 0 Å². The number of esters is 1. The Labute approximate surface area is 115 Å². The number of rotatable bonds is 3. The number of carbonyl (C=O) groups excluding carboxylic acids is 1. The molecule has 0 atom stereocenters. The first-order valence-electron chi connectivity index (χ1n) is 6.42. The number of aryl methyl sites for hydroxylation is 2. The zero-order chi connectivity index (χ0) is 14.6. The minimum Gasteiger partial charge on any atom is -0.460 e. The molecule has 0 saturated carbocycles. The summed E-state index contributed by atoms with van der Waals surface area (Å²) in [6.45, 7) is 16.6. The van der Waals surface area contributed by atoms with Crippen molar-refractivity contribution in [1.82, 2.24) is 0 Å². The Hall–Kier alpha value is -1.82. The molecule has 1 aromatic carbocycles. The lowest BCUT2D eigenvalue weighted by Crippen LogP contribution is -2.24. The van der Waals surface area contributed by atoms with Crippen LogP contribution in [0.4, 0.5) is 5.69 Å². The van der Waals surface area contributed by atoms with E-state index in [2.05, 4.69) is 4.85 Å². The first-order chi connectivity index (χ1) is 8.73. The molecule has 0 spiro atoms. The number of benzene rings is 1. The number of hydrogen-bond acceptors (Lipinski definition) is 2. The highest BCUT2D eigenvalue weighted by Gasteiger charge is 2.16. The molecule has 3 heteroatoms. The number of hydrogen-bond donors (Lipinski definition) is 0. The van der Waals surface area contributed by atoms with E-state index in [1.165, 1.54) is 0 Å². The van der Waals surface area contributed by atoms with Gasteiger partial charge in [0.1, 0.15) is 5.60 Å². The molecule has 0 N–H and O–H groups in total. The van der Waals surface area contributed by atoms with Gasteiger partial charge in [0.2, 0.25) is 0 Å². The van der Waals surface area contributed by atoms with Crippen LogP contribution in [0.25, 0.3) is 4.85 Å². The van der Waals surface area contributed by atoms with E-state index in [1.54, 1.807) is 0 Å². The summed E-state index contributed by atoms with van der Waals surface area (Å²) in [6.07, 6.45) is 1.03. The quantitative estimate of drug-likeness (QED) is 0.603. The van der Waals surface area contributed by atoms with E-state index in [0.29, 0.717) is 18.5 Å². The van der Waals surface area contributed by atoms with Crippen LogP contribution in [-0.2, 0) is 16.0 Å². The zero-order valence-electron chi connectivity index (χ0n) is 12.3. The normalized spacial score (nSPS) is 10.9. The van der Waals surface area contributed by atoms with Crippen LogP contribution in [0.2, 0.25) is 0 Å². The Balaban J connectivity index is 2.74. The third-order valence-corrected chi connectivity index (χ3v) is 2.81. The maximum absolute atomic E-state index is 11.7. The highest BCUT2D eigenvalue weighted by molar-refractivity contribution is 5.70. The number of nitrogens with zero attached hydrogens (tertiary/aromatic N) is 1. The minimum atomic E-state index is -0.435. The molecule has 1 aromatic rings. The molecule has 0 saturated heterocycles. The van der Waals surface area contributed by atoms with Crippen molar-refractivity contribution in [1.29, 1.82) is 0 Å². The second-order valence-corrected chi connectivity index (χ2v) is 5.76. The Morgan fingerprint density at radius 1 is 1.26 bits per heavy atom. The van der Waals surface area contributed by atoms with Gasteiger partial charge in [-0.05, 0) is 46.6 Å². The molecule has 0 unspecified atom stereocenters. The molecule has 0 aromatic heterocycles. The average molecular weight is 259 g/mol. The van der Waals surface area contributed by atoms with Gasteiger partial charge in [-0.1, -0.05) is 23.3 Å². The molecule has 0 aliphatic heterocycles. The fourth-order valence-electron chi connectivity index (χ4n) is 2.05. The lowest BCUT2D eigenvalue weighted by atomic mass is 9.98. The fourth-order valence-corrected chi connectivity index (χ4v) is 2.05. The highest BCUT2D eigenvalue weighted by Crippen LogP contribution is 2.23. The molecular weight excluding hydrogens is 238 g/mol. The van der Waals surface area contributed by atoms with Gasteiger partial charge in [-0.25, -0.2) is 4.85 Å². The van der Waals surface area contributed by atoms with Gasteiger partial charge < -0.3 is 4.74 Å². The van der Waals surface area contributed by atoms with Crippen LogP contribution >= 0.6 is 0 Å². The van der Waals surface area contributed by atoms with Crippen molar-refractivity contribution >= 4 is 11.7 Å². The van der Waals surface area contributed by atoms with Crippen molar-refractivity contribution < 1.29 is 9.53 Å². The van der Waals surface area contributed by atoms with Gasteiger partial charge >= 0.3 is 5.97 Å². The van der Waals surface area contributed by atoms with Crippen molar-refractivity contribution in [2.24, 2.45) is 0 Å². The summed E-state index contributed by atoms with van der Waals surface area (Å²) in [5, 5.41) is 0. The topological polar surface area (TPSA) is 30.7 Å². The lowest BCUT2D eigenvalue weighted by Gasteiger charge is -2.19. The Morgan fingerprint density at radius 2 is 1.79 bits per heavy atom. The Kier molecular flexibility index (Phi) is 4.72. The fraction of sp³-hybridized carbons (Fsp3) is 0.500. The van der Waals surface area contributed by atoms with Crippen LogP contribution in [0, 0.1) is 20.4 Å². The second kappa shape index (κ2) is 5.88. The van der Waals surface area contributed by atoms with Crippen molar-refractivity contribution in [3.05, 3.63) is 40.2 Å². The number of ether oxygens (including phenoxy) is 1. The van der Waals surface area contributed by atoms with Crippen LogP contribution in [0.15, 0.2) is 12.1 Å². The Bertz CT molecular complexity index is 496. The van der Waals surface area contributed by atoms with Crippen LogP contribution in [0.3, 0.4) is 0 Å². The second-order valence-electron chi connectivity index (χ2n) is 5.76. The van der Waals surface area contributed by atoms with Gasteiger partial charge in [0.05, 0.1) is 6.57 Å². The standard InChI is InChI=1S/C16H21NO2/c1-11-9-13(17-6)10-12(2)14(11)7-8-15(18)19-16(3,4)5/h9-10H,7-8H2,1-5H3. The summed E-state index contributed by atoms with van der Waals surface area (Å²) in [6, 6.07) is 3.73. The largest absolute Gasteiger partial charge is 0.460 e. The maximum Gasteiger partial charge on any atom is 0.306 e. The summed E-state index contributed by atoms with van der Waals surface area (Å²) in [7, 11) is 0. The molecule has 0 bridgehead atoms. The van der Waals surface area contributed by atoms with E-state index >= 15 is 0 Å². The first-order valence-corrected chi connectivity index (χ1v) is 6.42. The summed E-state index contributed by atoms with van der Waals surface area (Å²) < 4.78 is 5.30. The molecule has 0 heterocycles. The van der Waals surface area contributed by atoms with E-state index in [0.717, 1.165) is 16.7 Å². The van der Waals surface area contributed by atoms with Crippen molar-refractivity contribution in [3.8, 4) is 0 Å². The predicted molar refractivity (Wildman–Crippen MR) is 76.3 cm³/mol. The summed E-state index contributed by atoms with van der Waals surface area (Å²) in [5.41, 5.74) is 3.48. The maximum atomic E-state index is 11.7. The van der Waals surface area contributed by atoms with E-state index in [4.69, 9.17) is 11.3 Å². The molecule has 19 heavy (non-hydrogen) atoms. The van der Waals surface area contributed by atoms with Crippen LogP contribution in [0.5, 0.6) is 0 Å². The van der Waals surface area contributed by atoms with Crippen LogP contribution in [0.1, 0.15) is 43.9 Å². The van der Waals surface area contributed by atoms with E-state index in [-0.39, 0.29) is 5.97 Å². The predicted octanol–water partition coefficient (Wildman–Crippen LogP) is 4.13. The van der Waals surface area contributed by atoms with Crippen LogP contribution in [-0.4, -0.2) is 11.6 Å². The third-order valence-electron chi connectivity index (χ3n) is 2.81. The molecule has 0 amide bonds. The molecule has 3 nitrogen and oxygen atoms in total. The van der Waals surface area contributed by atoms with Crippen molar-refractivity contribution in [3.63, 3.8) is 0 Å². The van der Waals surface area contributed by atoms with E-state index < -0.39 is 5.60 Å². The minimum absolute atomic E-state index is 0.180. The molecule has 1 rings (SSSR count). The van der Waals surface area contributed by atoms with E-state index in [9.17, 15) is 4.79 Å².